The predicted molar refractivity (Wildman–Crippen MR) is 103 cm³/mol. The number of carbonyl (C=O) groups excluding carboxylic acids is 1. The van der Waals surface area contributed by atoms with E-state index in [0.29, 0.717) is 17.2 Å². The Morgan fingerprint density at radius 3 is 2.23 bits per heavy atom. The maximum atomic E-state index is 12.7. The molecule has 1 aliphatic heterocycles. The van der Waals surface area contributed by atoms with Gasteiger partial charge in [-0.2, -0.15) is 0 Å². The van der Waals surface area contributed by atoms with Crippen LogP contribution in [0.1, 0.15) is 22.8 Å². The predicted octanol–water partition coefficient (Wildman–Crippen LogP) is 3.26. The summed E-state index contributed by atoms with van der Waals surface area (Å²) in [6.45, 7) is 1.75. The van der Waals surface area contributed by atoms with Gasteiger partial charge in [0.15, 0.2) is 0 Å². The van der Waals surface area contributed by atoms with E-state index >= 15 is 0 Å². The van der Waals surface area contributed by atoms with Crippen LogP contribution in [-0.2, 0) is 4.79 Å². The van der Waals surface area contributed by atoms with E-state index in [4.69, 9.17) is 5.11 Å². The molecule has 2 aromatic rings. The van der Waals surface area contributed by atoms with Gasteiger partial charge in [0, 0.05) is 19.8 Å². The SMILES string of the molecule is CC1=N/C(=C/c2ccc(N(C)C)cc2)C(=O)N1c1ccc(C(=O)O)cc1. The molecule has 0 unspecified atom stereocenters. The number of aromatic carboxylic acids is 1. The zero-order valence-corrected chi connectivity index (χ0v) is 14.8. The number of amides is 1. The first-order valence-corrected chi connectivity index (χ1v) is 8.09. The molecule has 1 amide bonds. The van der Waals surface area contributed by atoms with E-state index in [1.165, 1.54) is 17.0 Å². The number of anilines is 2. The lowest BCUT2D eigenvalue weighted by Crippen LogP contribution is -2.30. The number of amidine groups is 1. The third-order valence-electron chi connectivity index (χ3n) is 4.11. The van der Waals surface area contributed by atoms with Gasteiger partial charge in [-0.15, -0.1) is 0 Å². The largest absolute Gasteiger partial charge is 0.478 e. The first-order chi connectivity index (χ1) is 12.4. The van der Waals surface area contributed by atoms with Crippen molar-refractivity contribution in [3.63, 3.8) is 0 Å². The fourth-order valence-corrected chi connectivity index (χ4v) is 2.71. The Labute approximate surface area is 151 Å². The first kappa shape index (κ1) is 17.4. The Morgan fingerprint density at radius 1 is 1.08 bits per heavy atom. The number of carboxylic acids is 1. The topological polar surface area (TPSA) is 73.2 Å². The molecule has 0 saturated heterocycles. The average molecular weight is 349 g/mol. The number of hydrogen-bond acceptors (Lipinski definition) is 4. The lowest BCUT2D eigenvalue weighted by Gasteiger charge is -2.16. The van der Waals surface area contributed by atoms with Gasteiger partial charge in [-0.05, 0) is 55.0 Å². The van der Waals surface area contributed by atoms with Crippen LogP contribution < -0.4 is 9.80 Å². The van der Waals surface area contributed by atoms with Gasteiger partial charge in [0.1, 0.15) is 11.5 Å². The highest BCUT2D eigenvalue weighted by atomic mass is 16.4. The van der Waals surface area contributed by atoms with Crippen molar-refractivity contribution in [2.45, 2.75) is 6.92 Å². The summed E-state index contributed by atoms with van der Waals surface area (Å²) >= 11 is 0. The lowest BCUT2D eigenvalue weighted by atomic mass is 10.1. The standard InChI is InChI=1S/C20H19N3O3/c1-13-21-18(12-14-4-8-16(9-5-14)22(2)3)19(24)23(13)17-10-6-15(7-11-17)20(25)26/h4-12H,1-3H3,(H,25,26)/b18-12+. The van der Waals surface area contributed by atoms with E-state index in [1.807, 2.05) is 43.3 Å². The summed E-state index contributed by atoms with van der Waals surface area (Å²) in [5.41, 5.74) is 3.07. The normalized spacial score (nSPS) is 15.3. The zero-order chi connectivity index (χ0) is 18.8. The third kappa shape index (κ3) is 3.35. The first-order valence-electron chi connectivity index (χ1n) is 8.09. The van der Waals surface area contributed by atoms with E-state index in [0.717, 1.165) is 11.3 Å². The molecule has 1 heterocycles. The van der Waals surface area contributed by atoms with E-state index in [1.54, 1.807) is 25.1 Å². The fraction of sp³-hybridized carbons (Fsp3) is 0.150. The maximum absolute atomic E-state index is 12.7. The van der Waals surface area contributed by atoms with Gasteiger partial charge in [0.2, 0.25) is 0 Å². The molecule has 0 spiro atoms. The molecular weight excluding hydrogens is 330 g/mol. The smallest absolute Gasteiger partial charge is 0.335 e. The van der Waals surface area contributed by atoms with Gasteiger partial charge in [0.25, 0.3) is 5.91 Å². The second-order valence-corrected chi connectivity index (χ2v) is 6.17. The maximum Gasteiger partial charge on any atom is 0.335 e. The number of rotatable bonds is 4. The molecule has 0 aliphatic carbocycles. The van der Waals surface area contributed by atoms with Crippen LogP contribution in [0.3, 0.4) is 0 Å². The Hall–Kier alpha value is -3.41. The highest BCUT2D eigenvalue weighted by Gasteiger charge is 2.28. The summed E-state index contributed by atoms with van der Waals surface area (Å²) in [6.07, 6.45) is 1.75. The van der Waals surface area contributed by atoms with E-state index in [9.17, 15) is 9.59 Å². The van der Waals surface area contributed by atoms with Gasteiger partial charge >= 0.3 is 5.97 Å². The summed E-state index contributed by atoms with van der Waals surface area (Å²) < 4.78 is 0. The molecule has 0 radical (unpaired) electrons. The molecule has 0 bridgehead atoms. The number of aliphatic imine (C=N–C) groups is 1. The van der Waals surface area contributed by atoms with Crippen molar-refractivity contribution in [3.05, 3.63) is 65.4 Å². The van der Waals surface area contributed by atoms with E-state index < -0.39 is 5.97 Å². The van der Waals surface area contributed by atoms with Crippen molar-refractivity contribution in [2.75, 3.05) is 23.9 Å². The molecule has 2 aromatic carbocycles. The Kier molecular flexibility index (Phi) is 4.58. The quantitative estimate of drug-likeness (QED) is 0.860. The summed E-state index contributed by atoms with van der Waals surface area (Å²) in [4.78, 5) is 31.5. The zero-order valence-electron chi connectivity index (χ0n) is 14.8. The average Bonchev–Trinajstić information content (AvgIpc) is 2.89. The van der Waals surface area contributed by atoms with Gasteiger partial charge in [-0.3, -0.25) is 9.69 Å². The minimum Gasteiger partial charge on any atom is -0.478 e. The van der Waals surface area contributed by atoms with E-state index in [2.05, 4.69) is 4.99 Å². The lowest BCUT2D eigenvalue weighted by molar-refractivity contribution is -0.113. The summed E-state index contributed by atoms with van der Waals surface area (Å²) in [5.74, 6) is -0.687. The Morgan fingerprint density at radius 2 is 1.69 bits per heavy atom. The molecule has 6 nitrogen and oxygen atoms in total. The van der Waals surface area contributed by atoms with Crippen molar-refractivity contribution < 1.29 is 14.7 Å². The Balaban J connectivity index is 1.86. The third-order valence-corrected chi connectivity index (χ3v) is 4.11. The molecule has 1 N–H and O–H groups in total. The molecule has 0 fully saturated rings. The number of nitrogens with zero attached hydrogens (tertiary/aromatic N) is 3. The van der Waals surface area contributed by atoms with Crippen molar-refractivity contribution in [3.8, 4) is 0 Å². The Bertz CT molecular complexity index is 910. The molecule has 132 valence electrons. The minimum atomic E-state index is -1.00. The number of carbonyl (C=O) groups is 2. The van der Waals surface area contributed by atoms with Crippen LogP contribution in [-0.4, -0.2) is 36.9 Å². The van der Waals surface area contributed by atoms with Crippen LogP contribution in [0.15, 0.2) is 59.2 Å². The van der Waals surface area contributed by atoms with Crippen LogP contribution in [0.2, 0.25) is 0 Å². The molecular formula is C20H19N3O3. The second-order valence-electron chi connectivity index (χ2n) is 6.17. The monoisotopic (exact) mass is 349 g/mol. The van der Waals surface area contributed by atoms with E-state index in [-0.39, 0.29) is 11.5 Å². The highest BCUT2D eigenvalue weighted by molar-refractivity contribution is 6.28. The molecule has 6 heteroatoms. The molecule has 3 rings (SSSR count). The van der Waals surface area contributed by atoms with Gasteiger partial charge in [-0.25, -0.2) is 9.79 Å². The van der Waals surface area contributed by atoms with Gasteiger partial charge < -0.3 is 10.0 Å². The second kappa shape index (κ2) is 6.84. The number of benzene rings is 2. The minimum absolute atomic E-state index is 0.173. The number of hydrogen-bond donors (Lipinski definition) is 1. The van der Waals surface area contributed by atoms with Crippen LogP contribution in [0.5, 0.6) is 0 Å². The van der Waals surface area contributed by atoms with Crippen molar-refractivity contribution in [1.82, 2.24) is 0 Å². The van der Waals surface area contributed by atoms with Gasteiger partial charge in [-0.1, -0.05) is 12.1 Å². The summed E-state index contributed by atoms with van der Waals surface area (Å²) in [7, 11) is 3.93. The summed E-state index contributed by atoms with van der Waals surface area (Å²) in [5, 5.41) is 8.99. The van der Waals surface area contributed by atoms with Crippen molar-refractivity contribution in [1.29, 1.82) is 0 Å². The van der Waals surface area contributed by atoms with Crippen LogP contribution >= 0.6 is 0 Å². The highest BCUT2D eigenvalue weighted by Crippen LogP contribution is 2.25. The molecule has 26 heavy (non-hydrogen) atoms. The molecule has 0 aromatic heterocycles. The summed E-state index contributed by atoms with van der Waals surface area (Å²) in [6, 6.07) is 14.0. The van der Waals surface area contributed by atoms with Crippen molar-refractivity contribution >= 4 is 35.2 Å². The fourth-order valence-electron chi connectivity index (χ4n) is 2.71. The molecule has 1 aliphatic rings. The van der Waals surface area contributed by atoms with Crippen LogP contribution in [0.4, 0.5) is 11.4 Å². The van der Waals surface area contributed by atoms with Crippen LogP contribution in [0.25, 0.3) is 6.08 Å². The molecule has 0 atom stereocenters. The van der Waals surface area contributed by atoms with Gasteiger partial charge in [0.05, 0.1) is 11.3 Å². The molecule has 0 saturated carbocycles. The van der Waals surface area contributed by atoms with Crippen LogP contribution in [0, 0.1) is 0 Å². The number of carboxylic acid groups (broad SMARTS) is 1. The van der Waals surface area contributed by atoms with Crippen molar-refractivity contribution in [2.24, 2.45) is 4.99 Å².